The second-order valence-corrected chi connectivity index (χ2v) is 4.68. The van der Waals surface area contributed by atoms with Crippen molar-refractivity contribution in [3.63, 3.8) is 0 Å². The van der Waals surface area contributed by atoms with Crippen LogP contribution in [0.1, 0.15) is 25.3 Å². The van der Waals surface area contributed by atoms with E-state index in [4.69, 9.17) is 4.42 Å². The van der Waals surface area contributed by atoms with Gasteiger partial charge in [0.15, 0.2) is 0 Å². The molecule has 5 heteroatoms. The summed E-state index contributed by atoms with van der Waals surface area (Å²) in [6.45, 7) is 3.89. The van der Waals surface area contributed by atoms with Gasteiger partial charge in [0.25, 0.3) is 0 Å². The van der Waals surface area contributed by atoms with Gasteiger partial charge in [-0.1, -0.05) is 18.9 Å². The molecule has 1 heterocycles. The van der Waals surface area contributed by atoms with Crippen LogP contribution in [-0.2, 0) is 0 Å². The maximum atomic E-state index is 13.6. The first-order valence-electron chi connectivity index (χ1n) is 5.79. The van der Waals surface area contributed by atoms with Crippen molar-refractivity contribution in [2.75, 3.05) is 19.0 Å². The summed E-state index contributed by atoms with van der Waals surface area (Å²) >= 11 is 0. The fourth-order valence-corrected chi connectivity index (χ4v) is 1.63. The maximum Gasteiger partial charge on any atom is 0.317 e. The highest BCUT2D eigenvalue weighted by Gasteiger charge is 2.13. The number of hydrogen-bond acceptors (Lipinski definition) is 4. The lowest BCUT2D eigenvalue weighted by molar-refractivity contribution is 0.564. The molecule has 1 aromatic heterocycles. The van der Waals surface area contributed by atoms with Gasteiger partial charge in [0.05, 0.1) is 0 Å². The molecule has 0 saturated carbocycles. The van der Waals surface area contributed by atoms with Gasteiger partial charge in [-0.2, -0.15) is 0 Å². The number of anilines is 1. The third-order valence-electron chi connectivity index (χ3n) is 2.66. The van der Waals surface area contributed by atoms with E-state index >= 15 is 0 Å². The van der Waals surface area contributed by atoms with Gasteiger partial charge in [0.1, 0.15) is 5.82 Å². The summed E-state index contributed by atoms with van der Waals surface area (Å²) in [6, 6.07) is 5.27. The summed E-state index contributed by atoms with van der Waals surface area (Å²) in [6.07, 6.45) is 0. The Morgan fingerprint density at radius 3 is 2.50 bits per heavy atom. The third kappa shape index (κ3) is 2.34. The van der Waals surface area contributed by atoms with Gasteiger partial charge in [-0.15, -0.1) is 5.10 Å². The average molecular weight is 249 g/mol. The SMILES string of the molecule is CC(C)c1cc(-c2nnc(N(C)C)o2)ccc1F. The van der Waals surface area contributed by atoms with Crippen molar-refractivity contribution in [3.8, 4) is 11.5 Å². The molecular formula is C13H16FN3O. The van der Waals surface area contributed by atoms with E-state index in [0.29, 0.717) is 17.5 Å². The number of benzene rings is 1. The first-order chi connectivity index (χ1) is 8.49. The van der Waals surface area contributed by atoms with E-state index in [1.807, 2.05) is 27.9 Å². The Kier molecular flexibility index (Phi) is 3.32. The van der Waals surface area contributed by atoms with Gasteiger partial charge in [-0.05, 0) is 29.7 Å². The Balaban J connectivity index is 2.41. The summed E-state index contributed by atoms with van der Waals surface area (Å²) in [4.78, 5) is 1.73. The lowest BCUT2D eigenvalue weighted by Crippen LogP contribution is -2.08. The summed E-state index contributed by atoms with van der Waals surface area (Å²) in [5.74, 6) is 0.308. The van der Waals surface area contributed by atoms with E-state index in [2.05, 4.69) is 10.2 Å². The number of hydrogen-bond donors (Lipinski definition) is 0. The van der Waals surface area contributed by atoms with Crippen LogP contribution in [0, 0.1) is 5.82 Å². The zero-order valence-electron chi connectivity index (χ0n) is 10.9. The quantitative estimate of drug-likeness (QED) is 0.838. The molecule has 4 nitrogen and oxygen atoms in total. The minimum absolute atomic E-state index is 0.112. The Hall–Kier alpha value is -1.91. The van der Waals surface area contributed by atoms with Crippen LogP contribution in [0.4, 0.5) is 10.4 Å². The van der Waals surface area contributed by atoms with Gasteiger partial charge in [-0.25, -0.2) is 4.39 Å². The number of aromatic nitrogens is 2. The Morgan fingerprint density at radius 2 is 1.94 bits per heavy atom. The van der Waals surface area contributed by atoms with E-state index < -0.39 is 0 Å². The number of nitrogens with zero attached hydrogens (tertiary/aromatic N) is 3. The molecule has 1 aromatic carbocycles. The molecule has 0 aliphatic carbocycles. The Bertz CT molecular complexity index is 549. The molecular weight excluding hydrogens is 233 g/mol. The van der Waals surface area contributed by atoms with E-state index in [0.717, 1.165) is 5.56 Å². The fraction of sp³-hybridized carbons (Fsp3) is 0.385. The largest absolute Gasteiger partial charge is 0.403 e. The van der Waals surface area contributed by atoms with Gasteiger partial charge in [0.2, 0.25) is 5.89 Å². The molecule has 18 heavy (non-hydrogen) atoms. The van der Waals surface area contributed by atoms with Crippen molar-refractivity contribution in [1.82, 2.24) is 10.2 Å². The smallest absolute Gasteiger partial charge is 0.317 e. The molecule has 0 aliphatic rings. The molecule has 96 valence electrons. The van der Waals surface area contributed by atoms with E-state index in [-0.39, 0.29) is 11.7 Å². The van der Waals surface area contributed by atoms with E-state index in [9.17, 15) is 4.39 Å². The van der Waals surface area contributed by atoms with Crippen LogP contribution in [0.25, 0.3) is 11.5 Å². The number of rotatable bonds is 3. The zero-order valence-corrected chi connectivity index (χ0v) is 10.9. The van der Waals surface area contributed by atoms with Crippen molar-refractivity contribution in [3.05, 3.63) is 29.6 Å². The maximum absolute atomic E-state index is 13.6. The first kappa shape index (κ1) is 12.5. The van der Waals surface area contributed by atoms with Crippen LogP contribution >= 0.6 is 0 Å². The lowest BCUT2D eigenvalue weighted by Gasteiger charge is -2.08. The standard InChI is InChI=1S/C13H16FN3O/c1-8(2)10-7-9(5-6-11(10)14)12-15-16-13(18-12)17(3)4/h5-8H,1-4H3. The molecule has 0 amide bonds. The lowest BCUT2D eigenvalue weighted by atomic mass is 10.0. The monoisotopic (exact) mass is 249 g/mol. The third-order valence-corrected chi connectivity index (χ3v) is 2.66. The summed E-state index contributed by atoms with van der Waals surface area (Å²) < 4.78 is 19.1. The zero-order chi connectivity index (χ0) is 13.3. The molecule has 2 rings (SSSR count). The molecule has 0 unspecified atom stereocenters. The molecule has 2 aromatic rings. The molecule has 0 bridgehead atoms. The summed E-state index contributed by atoms with van der Waals surface area (Å²) in [7, 11) is 3.64. The van der Waals surface area contributed by atoms with Gasteiger partial charge < -0.3 is 9.32 Å². The predicted octanol–water partition coefficient (Wildman–Crippen LogP) is 3.07. The van der Waals surface area contributed by atoms with Crippen molar-refractivity contribution in [1.29, 1.82) is 0 Å². The summed E-state index contributed by atoms with van der Waals surface area (Å²) in [5, 5.41) is 7.86. The van der Waals surface area contributed by atoms with Crippen molar-refractivity contribution >= 4 is 6.01 Å². The highest BCUT2D eigenvalue weighted by molar-refractivity contribution is 5.55. The van der Waals surface area contributed by atoms with Crippen molar-refractivity contribution < 1.29 is 8.81 Å². The van der Waals surface area contributed by atoms with E-state index in [1.54, 1.807) is 17.0 Å². The highest BCUT2D eigenvalue weighted by Crippen LogP contribution is 2.26. The van der Waals surface area contributed by atoms with Crippen LogP contribution in [0.5, 0.6) is 0 Å². The molecule has 0 saturated heterocycles. The van der Waals surface area contributed by atoms with Gasteiger partial charge in [-0.3, -0.25) is 0 Å². The molecule has 0 radical (unpaired) electrons. The molecule has 0 atom stereocenters. The Labute approximate surface area is 105 Å². The molecule has 0 spiro atoms. The molecule has 0 aliphatic heterocycles. The van der Waals surface area contributed by atoms with Crippen LogP contribution in [0.2, 0.25) is 0 Å². The van der Waals surface area contributed by atoms with Crippen LogP contribution in [0.3, 0.4) is 0 Å². The van der Waals surface area contributed by atoms with Gasteiger partial charge >= 0.3 is 6.01 Å². The molecule has 0 fully saturated rings. The average Bonchev–Trinajstić information content (AvgIpc) is 2.78. The topological polar surface area (TPSA) is 42.2 Å². The summed E-state index contributed by atoms with van der Waals surface area (Å²) in [5.41, 5.74) is 1.39. The normalized spacial score (nSPS) is 11.0. The van der Waals surface area contributed by atoms with Crippen LogP contribution < -0.4 is 4.90 Å². The molecule has 0 N–H and O–H groups in total. The van der Waals surface area contributed by atoms with Crippen molar-refractivity contribution in [2.24, 2.45) is 0 Å². The Morgan fingerprint density at radius 1 is 1.22 bits per heavy atom. The van der Waals surface area contributed by atoms with Crippen LogP contribution in [-0.4, -0.2) is 24.3 Å². The van der Waals surface area contributed by atoms with E-state index in [1.165, 1.54) is 6.07 Å². The highest BCUT2D eigenvalue weighted by atomic mass is 19.1. The second-order valence-electron chi connectivity index (χ2n) is 4.68. The first-order valence-corrected chi connectivity index (χ1v) is 5.79. The minimum atomic E-state index is -0.207. The van der Waals surface area contributed by atoms with Gasteiger partial charge in [0, 0.05) is 19.7 Å². The van der Waals surface area contributed by atoms with Crippen molar-refractivity contribution in [2.45, 2.75) is 19.8 Å². The predicted molar refractivity (Wildman–Crippen MR) is 68.1 cm³/mol. The van der Waals surface area contributed by atoms with Crippen LogP contribution in [0.15, 0.2) is 22.6 Å². The second kappa shape index (κ2) is 4.76. The minimum Gasteiger partial charge on any atom is -0.403 e. The fourth-order valence-electron chi connectivity index (χ4n) is 1.63. The number of halogens is 1.